The van der Waals surface area contributed by atoms with E-state index in [9.17, 15) is 18.0 Å². The maximum Gasteiger partial charge on any atom is 0.411 e. The lowest BCUT2D eigenvalue weighted by atomic mass is 10.2. The van der Waals surface area contributed by atoms with Gasteiger partial charge in [-0.15, -0.1) is 0 Å². The fourth-order valence-corrected chi connectivity index (χ4v) is 1.49. The Morgan fingerprint density at radius 3 is 2.53 bits per heavy atom. The van der Waals surface area contributed by atoms with E-state index in [0.717, 1.165) is 0 Å². The molecular weight excluding hydrogens is 237 g/mol. The lowest BCUT2D eigenvalue weighted by Crippen LogP contribution is -2.47. The van der Waals surface area contributed by atoms with Gasteiger partial charge in [0.05, 0.1) is 6.54 Å². The van der Waals surface area contributed by atoms with E-state index in [-0.39, 0.29) is 25.1 Å². The van der Waals surface area contributed by atoms with Crippen LogP contribution in [0.3, 0.4) is 0 Å². The highest BCUT2D eigenvalue weighted by Crippen LogP contribution is 2.49. The molecule has 1 fully saturated rings. The van der Waals surface area contributed by atoms with Crippen LogP contribution in [-0.2, 0) is 6.54 Å². The van der Waals surface area contributed by atoms with E-state index >= 15 is 0 Å². The second-order valence-electron chi connectivity index (χ2n) is 4.00. The zero-order valence-electron chi connectivity index (χ0n) is 8.80. The number of rotatable bonds is 3. The monoisotopic (exact) mass is 248 g/mol. The fraction of sp³-hybridized carbons (Fsp3) is 0.500. The Bertz CT molecular complexity index is 435. The lowest BCUT2D eigenvalue weighted by molar-refractivity contribution is -0.163. The molecule has 0 aliphatic heterocycles. The van der Waals surface area contributed by atoms with Crippen LogP contribution in [0, 0.1) is 0 Å². The molecule has 1 aliphatic rings. The highest BCUT2D eigenvalue weighted by molar-refractivity contribution is 5.92. The van der Waals surface area contributed by atoms with Gasteiger partial charge in [-0.1, -0.05) is 0 Å². The summed E-state index contributed by atoms with van der Waals surface area (Å²) in [6.07, 6.45) is -4.61. The van der Waals surface area contributed by atoms with Crippen molar-refractivity contribution in [3.63, 3.8) is 0 Å². The van der Waals surface area contributed by atoms with Crippen LogP contribution in [0.15, 0.2) is 16.5 Å². The van der Waals surface area contributed by atoms with Crippen LogP contribution in [0.5, 0.6) is 0 Å². The first-order chi connectivity index (χ1) is 7.88. The van der Waals surface area contributed by atoms with Crippen LogP contribution in [0.25, 0.3) is 0 Å². The van der Waals surface area contributed by atoms with E-state index in [2.05, 4.69) is 0 Å². The van der Waals surface area contributed by atoms with E-state index in [1.54, 1.807) is 0 Å². The van der Waals surface area contributed by atoms with Gasteiger partial charge in [-0.25, -0.2) is 0 Å². The summed E-state index contributed by atoms with van der Waals surface area (Å²) in [4.78, 5) is 11.5. The Labute approximate surface area is 95.0 Å². The summed E-state index contributed by atoms with van der Waals surface area (Å²) in [7, 11) is 0. The molecule has 1 aromatic rings. The number of halogens is 3. The van der Waals surface area contributed by atoms with Crippen LogP contribution in [0.4, 0.5) is 13.2 Å². The first-order valence-electron chi connectivity index (χ1n) is 5.06. The van der Waals surface area contributed by atoms with Crippen molar-refractivity contribution in [1.29, 1.82) is 0 Å². The zero-order chi connectivity index (χ0) is 12.7. The normalized spacial score (nSPS) is 17.9. The number of alkyl halides is 3. The topological polar surface area (TPSA) is 68.3 Å². The quantitative estimate of drug-likeness (QED) is 0.853. The number of nitrogens with one attached hydrogen (secondary N) is 1. The van der Waals surface area contributed by atoms with Crippen LogP contribution in [0.1, 0.15) is 29.2 Å². The van der Waals surface area contributed by atoms with Gasteiger partial charge in [0, 0.05) is 0 Å². The molecule has 17 heavy (non-hydrogen) atoms. The Hall–Kier alpha value is -1.50. The second kappa shape index (κ2) is 3.76. The first kappa shape index (κ1) is 12.0. The molecule has 4 nitrogen and oxygen atoms in total. The molecule has 0 saturated heterocycles. The molecule has 0 aromatic carbocycles. The molecule has 1 aromatic heterocycles. The average Bonchev–Trinajstić information content (AvgIpc) is 2.88. The Morgan fingerprint density at radius 2 is 2.12 bits per heavy atom. The standard InChI is InChI=1S/C10H11F3N2O2/c11-10(12,13)9(3-4-9)15-8(16)7-2-1-6(5-14)17-7/h1-2H,3-5,14H2,(H,15,16). The Balaban J connectivity index is 2.07. The van der Waals surface area contributed by atoms with E-state index < -0.39 is 17.6 Å². The van der Waals surface area contributed by atoms with E-state index in [4.69, 9.17) is 10.2 Å². The molecule has 2 rings (SSSR count). The fourth-order valence-electron chi connectivity index (χ4n) is 1.49. The van der Waals surface area contributed by atoms with Crippen molar-refractivity contribution in [2.75, 3.05) is 0 Å². The third kappa shape index (κ3) is 2.14. The summed E-state index contributed by atoms with van der Waals surface area (Å²) < 4.78 is 42.7. The minimum Gasteiger partial charge on any atom is -0.455 e. The molecule has 0 atom stereocenters. The predicted molar refractivity (Wildman–Crippen MR) is 52.1 cm³/mol. The molecule has 0 spiro atoms. The second-order valence-corrected chi connectivity index (χ2v) is 4.00. The Kier molecular flexibility index (Phi) is 2.65. The van der Waals surface area contributed by atoms with Crippen molar-refractivity contribution in [3.05, 3.63) is 23.7 Å². The summed E-state index contributed by atoms with van der Waals surface area (Å²) >= 11 is 0. The molecule has 1 saturated carbocycles. The van der Waals surface area contributed by atoms with Crippen molar-refractivity contribution in [1.82, 2.24) is 5.32 Å². The lowest BCUT2D eigenvalue weighted by Gasteiger charge is -2.19. The van der Waals surface area contributed by atoms with Gasteiger partial charge in [0.1, 0.15) is 11.3 Å². The molecule has 1 heterocycles. The van der Waals surface area contributed by atoms with Crippen molar-refractivity contribution in [2.24, 2.45) is 5.73 Å². The number of nitrogens with two attached hydrogens (primary N) is 1. The number of hydrogen-bond donors (Lipinski definition) is 2. The van der Waals surface area contributed by atoms with Gasteiger partial charge in [0.2, 0.25) is 0 Å². The number of furan rings is 1. The number of hydrogen-bond acceptors (Lipinski definition) is 3. The molecule has 0 radical (unpaired) electrons. The first-order valence-corrected chi connectivity index (χ1v) is 5.06. The number of amides is 1. The molecule has 1 aliphatic carbocycles. The average molecular weight is 248 g/mol. The van der Waals surface area contributed by atoms with Gasteiger partial charge in [-0.3, -0.25) is 4.79 Å². The van der Waals surface area contributed by atoms with Gasteiger partial charge in [-0.05, 0) is 25.0 Å². The van der Waals surface area contributed by atoms with Gasteiger partial charge in [0.25, 0.3) is 5.91 Å². The summed E-state index contributed by atoms with van der Waals surface area (Å²) in [5, 5.41) is 1.96. The third-order valence-corrected chi connectivity index (χ3v) is 2.73. The van der Waals surface area contributed by atoms with Gasteiger partial charge >= 0.3 is 6.18 Å². The third-order valence-electron chi connectivity index (χ3n) is 2.73. The van der Waals surface area contributed by atoms with Crippen LogP contribution >= 0.6 is 0 Å². The number of carbonyl (C=O) groups is 1. The van der Waals surface area contributed by atoms with Crippen molar-refractivity contribution in [3.8, 4) is 0 Å². The van der Waals surface area contributed by atoms with Crippen molar-refractivity contribution in [2.45, 2.75) is 31.1 Å². The zero-order valence-corrected chi connectivity index (χ0v) is 8.80. The summed E-state index contributed by atoms with van der Waals surface area (Å²) in [6.45, 7) is 0.0949. The van der Waals surface area contributed by atoms with Gasteiger partial charge in [-0.2, -0.15) is 13.2 Å². The minimum atomic E-state index is -4.42. The molecular formula is C10H11F3N2O2. The molecule has 94 valence electrons. The highest BCUT2D eigenvalue weighted by Gasteiger charge is 2.64. The molecule has 7 heteroatoms. The predicted octanol–water partition coefficient (Wildman–Crippen LogP) is 1.56. The van der Waals surface area contributed by atoms with E-state index in [0.29, 0.717) is 5.76 Å². The van der Waals surface area contributed by atoms with Crippen LogP contribution < -0.4 is 11.1 Å². The molecule has 0 unspecified atom stereocenters. The van der Waals surface area contributed by atoms with Crippen LogP contribution in [-0.4, -0.2) is 17.6 Å². The molecule has 1 amide bonds. The summed E-state index contributed by atoms with van der Waals surface area (Å²) in [5.74, 6) is -0.660. The van der Waals surface area contributed by atoms with E-state index in [1.165, 1.54) is 12.1 Å². The summed E-state index contributed by atoms with van der Waals surface area (Å²) in [6, 6.07) is 2.77. The van der Waals surface area contributed by atoms with Crippen molar-refractivity contribution >= 4 is 5.91 Å². The van der Waals surface area contributed by atoms with Crippen LogP contribution in [0.2, 0.25) is 0 Å². The summed E-state index contributed by atoms with van der Waals surface area (Å²) in [5.41, 5.74) is 3.20. The van der Waals surface area contributed by atoms with Crippen molar-refractivity contribution < 1.29 is 22.4 Å². The smallest absolute Gasteiger partial charge is 0.411 e. The maximum atomic E-state index is 12.6. The number of carbonyl (C=O) groups excluding carboxylic acids is 1. The minimum absolute atomic E-state index is 0.0906. The SMILES string of the molecule is NCc1ccc(C(=O)NC2(C(F)(F)F)CC2)o1. The highest BCUT2D eigenvalue weighted by atomic mass is 19.4. The maximum absolute atomic E-state index is 12.6. The largest absolute Gasteiger partial charge is 0.455 e. The van der Waals surface area contributed by atoms with Gasteiger partial charge < -0.3 is 15.5 Å². The van der Waals surface area contributed by atoms with E-state index in [1.807, 2.05) is 5.32 Å². The molecule has 3 N–H and O–H groups in total. The van der Waals surface area contributed by atoms with Gasteiger partial charge in [0.15, 0.2) is 5.76 Å². The Morgan fingerprint density at radius 1 is 1.47 bits per heavy atom. The molecule has 0 bridgehead atoms.